The molecule has 0 aliphatic heterocycles. The number of nitrogens with zero attached hydrogens (tertiary/aromatic N) is 4. The van der Waals surface area contributed by atoms with E-state index < -0.39 is 17.6 Å². The molecule has 8 nitrogen and oxygen atoms in total. The van der Waals surface area contributed by atoms with Gasteiger partial charge in [-0.3, -0.25) is 4.79 Å². The van der Waals surface area contributed by atoms with Crippen molar-refractivity contribution in [3.63, 3.8) is 0 Å². The number of H-pyrrole nitrogens is 1. The first-order valence-corrected chi connectivity index (χ1v) is 6.39. The maximum Gasteiger partial charge on any atom is 0.377 e. The van der Waals surface area contributed by atoms with Crippen molar-refractivity contribution in [2.24, 2.45) is 0 Å². The fourth-order valence-corrected chi connectivity index (χ4v) is 1.88. The van der Waals surface area contributed by atoms with Gasteiger partial charge in [-0.05, 0) is 0 Å². The maximum atomic E-state index is 13.9. The number of rotatable bonds is 3. The Bertz CT molecular complexity index is 826. The van der Waals surface area contributed by atoms with Crippen LogP contribution in [0.2, 0.25) is 0 Å². The monoisotopic (exact) mass is 305 g/mol. The van der Waals surface area contributed by atoms with Crippen molar-refractivity contribution in [3.8, 4) is 5.82 Å². The lowest BCUT2D eigenvalue weighted by Gasteiger charge is -2.02. The molecule has 0 aromatic carbocycles. The average Bonchev–Trinajstić information content (AvgIpc) is 3.18. The summed E-state index contributed by atoms with van der Waals surface area (Å²) in [5.41, 5.74) is -0.103. The van der Waals surface area contributed by atoms with Crippen LogP contribution >= 0.6 is 0 Å². The number of carbonyl (C=O) groups excluding carboxylic acids is 1. The van der Waals surface area contributed by atoms with Gasteiger partial charge in [-0.1, -0.05) is 19.1 Å². The second-order valence-electron chi connectivity index (χ2n) is 3.86. The summed E-state index contributed by atoms with van der Waals surface area (Å²) >= 11 is 0. The van der Waals surface area contributed by atoms with E-state index in [1.54, 1.807) is 0 Å². The Balaban J connectivity index is 0.000000847. The molecule has 0 saturated heterocycles. The summed E-state index contributed by atoms with van der Waals surface area (Å²) in [5, 5.41) is 15.9. The van der Waals surface area contributed by atoms with Crippen LogP contribution in [0.4, 0.5) is 4.39 Å². The van der Waals surface area contributed by atoms with Crippen molar-refractivity contribution in [3.05, 3.63) is 36.2 Å². The molecule has 9 heteroatoms. The van der Waals surface area contributed by atoms with Gasteiger partial charge < -0.3 is 10.1 Å². The van der Waals surface area contributed by atoms with Crippen molar-refractivity contribution >= 4 is 22.7 Å². The Morgan fingerprint density at radius 3 is 2.68 bits per heavy atom. The van der Waals surface area contributed by atoms with Crippen LogP contribution in [0.3, 0.4) is 0 Å². The third-order valence-electron chi connectivity index (χ3n) is 2.72. The minimum Gasteiger partial charge on any atom is -0.475 e. The zero-order chi connectivity index (χ0) is 16.3. The van der Waals surface area contributed by atoms with E-state index in [0.29, 0.717) is 0 Å². The van der Waals surface area contributed by atoms with Gasteiger partial charge in [-0.15, -0.1) is 5.10 Å². The van der Waals surface area contributed by atoms with Crippen molar-refractivity contribution in [2.45, 2.75) is 13.8 Å². The van der Waals surface area contributed by atoms with Crippen LogP contribution in [0.25, 0.3) is 16.7 Å². The minimum atomic E-state index is -1.66. The number of pyridine rings is 1. The summed E-state index contributed by atoms with van der Waals surface area (Å²) in [6.07, 6.45) is 4.92. The number of ketones is 1. The Labute approximate surface area is 123 Å². The molecular weight excluding hydrogens is 293 g/mol. The van der Waals surface area contributed by atoms with Crippen LogP contribution in [0.15, 0.2) is 24.8 Å². The number of carboxylic acids is 1. The Hall–Kier alpha value is -3.10. The fraction of sp³-hybridized carbons (Fsp3) is 0.154. The number of halogens is 1. The molecule has 0 unspecified atom stereocenters. The molecule has 2 N–H and O–H groups in total. The molecule has 114 valence electrons. The predicted octanol–water partition coefficient (Wildman–Crippen LogP) is 1.58. The van der Waals surface area contributed by atoms with Crippen LogP contribution in [0.1, 0.15) is 24.2 Å². The Morgan fingerprint density at radius 1 is 1.36 bits per heavy atom. The molecular formula is C13H12FN5O3. The lowest BCUT2D eigenvalue weighted by atomic mass is 10.1. The number of carbonyl (C=O) groups is 2. The largest absolute Gasteiger partial charge is 0.475 e. The SMILES string of the molecule is CC.O=C(O)C(=O)c1c[nH]c2c(-n3ccnn3)ncc(F)c12. The Kier molecular flexibility index (Phi) is 4.25. The van der Waals surface area contributed by atoms with Crippen molar-refractivity contribution < 1.29 is 19.1 Å². The summed E-state index contributed by atoms with van der Waals surface area (Å²) < 4.78 is 15.1. The van der Waals surface area contributed by atoms with E-state index >= 15 is 0 Å². The lowest BCUT2D eigenvalue weighted by molar-refractivity contribution is -0.131. The highest BCUT2D eigenvalue weighted by molar-refractivity contribution is 6.42. The van der Waals surface area contributed by atoms with Gasteiger partial charge in [0.25, 0.3) is 5.78 Å². The topological polar surface area (TPSA) is 114 Å². The molecule has 3 aromatic heterocycles. The van der Waals surface area contributed by atoms with Gasteiger partial charge in [0.1, 0.15) is 0 Å². The zero-order valence-electron chi connectivity index (χ0n) is 11.7. The van der Waals surface area contributed by atoms with Gasteiger partial charge in [0.15, 0.2) is 11.6 Å². The maximum absolute atomic E-state index is 13.9. The number of aliphatic carboxylic acids is 1. The molecule has 3 aromatic rings. The number of hydrogen-bond donors (Lipinski definition) is 2. The number of nitrogens with one attached hydrogen (secondary N) is 1. The summed E-state index contributed by atoms with van der Waals surface area (Å²) in [5.74, 6) is -3.45. The van der Waals surface area contributed by atoms with E-state index in [4.69, 9.17) is 5.11 Å². The van der Waals surface area contributed by atoms with Crippen LogP contribution < -0.4 is 0 Å². The van der Waals surface area contributed by atoms with Gasteiger partial charge in [0.2, 0.25) is 0 Å². The van der Waals surface area contributed by atoms with E-state index in [2.05, 4.69) is 20.3 Å². The van der Waals surface area contributed by atoms with Gasteiger partial charge in [0.05, 0.1) is 35.1 Å². The third kappa shape index (κ3) is 2.43. The van der Waals surface area contributed by atoms with E-state index in [1.165, 1.54) is 17.1 Å². The number of aromatic amines is 1. The first kappa shape index (κ1) is 15.3. The molecule has 0 amide bonds. The summed E-state index contributed by atoms with van der Waals surface area (Å²) in [6, 6.07) is 0. The number of hydrogen-bond acceptors (Lipinski definition) is 5. The number of carboxylic acid groups (broad SMARTS) is 1. The second kappa shape index (κ2) is 6.12. The molecule has 0 aliphatic rings. The predicted molar refractivity (Wildman–Crippen MR) is 74.3 cm³/mol. The molecule has 0 saturated carbocycles. The van der Waals surface area contributed by atoms with Crippen molar-refractivity contribution in [2.75, 3.05) is 0 Å². The minimum absolute atomic E-state index is 0.141. The first-order chi connectivity index (χ1) is 10.6. The summed E-state index contributed by atoms with van der Waals surface area (Å²) in [4.78, 5) is 28.8. The fourth-order valence-electron chi connectivity index (χ4n) is 1.88. The van der Waals surface area contributed by atoms with Crippen LogP contribution in [-0.4, -0.2) is 41.8 Å². The highest BCUT2D eigenvalue weighted by Crippen LogP contribution is 2.25. The standard InChI is InChI=1S/C11H6FN5O3.C2H6/c12-6-4-14-10(17-2-1-15-16-17)8-7(6)5(3-13-8)9(18)11(19)20;1-2/h1-4,13H,(H,19,20);1-2H3. The normalized spacial score (nSPS) is 10.1. The van der Waals surface area contributed by atoms with Crippen molar-refractivity contribution in [1.29, 1.82) is 0 Å². The van der Waals surface area contributed by atoms with Gasteiger partial charge in [0, 0.05) is 6.20 Å². The Morgan fingerprint density at radius 2 is 2.09 bits per heavy atom. The van der Waals surface area contributed by atoms with Gasteiger partial charge in [-0.25, -0.2) is 18.9 Å². The molecule has 22 heavy (non-hydrogen) atoms. The smallest absolute Gasteiger partial charge is 0.377 e. The molecule has 3 rings (SSSR count). The molecule has 0 radical (unpaired) electrons. The van der Waals surface area contributed by atoms with E-state index in [-0.39, 0.29) is 22.3 Å². The number of fused-ring (bicyclic) bond motifs is 1. The van der Waals surface area contributed by atoms with Crippen LogP contribution in [-0.2, 0) is 4.79 Å². The van der Waals surface area contributed by atoms with Gasteiger partial charge in [-0.2, -0.15) is 0 Å². The second-order valence-corrected chi connectivity index (χ2v) is 3.86. The quantitative estimate of drug-likeness (QED) is 0.561. The lowest BCUT2D eigenvalue weighted by Crippen LogP contribution is -2.12. The van der Waals surface area contributed by atoms with Crippen molar-refractivity contribution in [1.82, 2.24) is 25.0 Å². The zero-order valence-corrected chi connectivity index (χ0v) is 11.7. The van der Waals surface area contributed by atoms with E-state index in [1.807, 2.05) is 13.8 Å². The van der Waals surface area contributed by atoms with Crippen LogP contribution in [0, 0.1) is 5.82 Å². The highest BCUT2D eigenvalue weighted by atomic mass is 19.1. The van der Waals surface area contributed by atoms with Gasteiger partial charge >= 0.3 is 5.97 Å². The van der Waals surface area contributed by atoms with E-state index in [0.717, 1.165) is 12.4 Å². The average molecular weight is 305 g/mol. The number of aromatic nitrogens is 5. The molecule has 3 heterocycles. The van der Waals surface area contributed by atoms with E-state index in [9.17, 15) is 14.0 Å². The highest BCUT2D eigenvalue weighted by Gasteiger charge is 2.23. The molecule has 0 spiro atoms. The number of Topliss-reactive ketones (excluding diaryl/α,β-unsaturated/α-hetero) is 1. The molecule has 0 atom stereocenters. The molecule has 0 aliphatic carbocycles. The summed E-state index contributed by atoms with van der Waals surface area (Å²) in [7, 11) is 0. The van der Waals surface area contributed by atoms with Crippen LogP contribution in [0.5, 0.6) is 0 Å². The molecule has 0 bridgehead atoms. The molecule has 0 fully saturated rings. The summed E-state index contributed by atoms with van der Waals surface area (Å²) in [6.45, 7) is 4.00. The third-order valence-corrected chi connectivity index (χ3v) is 2.72. The first-order valence-electron chi connectivity index (χ1n) is 6.39.